The van der Waals surface area contributed by atoms with Gasteiger partial charge in [0.15, 0.2) is 15.0 Å². The van der Waals surface area contributed by atoms with Crippen molar-refractivity contribution in [1.82, 2.24) is 5.32 Å². The molecule has 0 saturated carbocycles. The average Bonchev–Trinajstić information content (AvgIpc) is 3.16. The summed E-state index contributed by atoms with van der Waals surface area (Å²) in [4.78, 5) is 16.6. The van der Waals surface area contributed by atoms with E-state index in [0.29, 0.717) is 13.0 Å². The third kappa shape index (κ3) is 5.39. The molecule has 2 N–H and O–H groups in total. The molecule has 6 nitrogen and oxygen atoms in total. The van der Waals surface area contributed by atoms with Crippen LogP contribution in [0.15, 0.2) is 59.6 Å². The van der Waals surface area contributed by atoms with E-state index in [0.717, 1.165) is 22.8 Å². The average molecular weight is 430 g/mol. The summed E-state index contributed by atoms with van der Waals surface area (Å²) in [6, 6.07) is 17.6. The number of aliphatic imine (C=N–C) groups is 1. The molecule has 2 heterocycles. The Labute approximate surface area is 175 Å². The van der Waals surface area contributed by atoms with Gasteiger partial charge in [-0.15, -0.1) is 0 Å². The minimum atomic E-state index is -2.94. The molecule has 0 aliphatic carbocycles. The van der Waals surface area contributed by atoms with Crippen LogP contribution in [0.2, 0.25) is 0 Å². The number of rotatable bonds is 6. The first kappa shape index (κ1) is 20.0. The maximum absolute atomic E-state index is 12.1. The first-order chi connectivity index (χ1) is 14.0. The predicted molar refractivity (Wildman–Crippen MR) is 118 cm³/mol. The number of carbonyl (C=O) groups excluding carboxylic acids is 1. The molecule has 1 fully saturated rings. The van der Waals surface area contributed by atoms with Gasteiger partial charge in [0.1, 0.15) is 0 Å². The standard InChI is InChI=1S/C21H23N3O3S2/c25-20(22-11-10-15-4-2-1-3-5-15)12-16-6-8-17(9-7-16)23-21-24-18-13-29(26,27)14-19(18)28-21/h1-9,18-19H,10-14H2,(H,22,25)(H,23,24)/t18-,19-/m0/s1. The lowest BCUT2D eigenvalue weighted by atomic mass is 10.1. The molecule has 0 radical (unpaired) electrons. The van der Waals surface area contributed by atoms with Crippen LogP contribution >= 0.6 is 11.8 Å². The molecule has 2 atom stereocenters. The smallest absolute Gasteiger partial charge is 0.224 e. The summed E-state index contributed by atoms with van der Waals surface area (Å²) in [6.07, 6.45) is 1.16. The van der Waals surface area contributed by atoms with Crippen LogP contribution in [0.1, 0.15) is 11.1 Å². The minimum absolute atomic E-state index is 0.00592. The van der Waals surface area contributed by atoms with E-state index in [1.807, 2.05) is 42.5 Å². The first-order valence-corrected chi connectivity index (χ1v) is 12.3. The quantitative estimate of drug-likeness (QED) is 0.736. The topological polar surface area (TPSA) is 87.6 Å². The van der Waals surface area contributed by atoms with E-state index in [9.17, 15) is 13.2 Å². The Balaban J connectivity index is 1.24. The van der Waals surface area contributed by atoms with Crippen molar-refractivity contribution < 1.29 is 13.2 Å². The van der Waals surface area contributed by atoms with Crippen molar-refractivity contribution in [3.8, 4) is 0 Å². The number of fused-ring (bicyclic) bond motifs is 1. The lowest BCUT2D eigenvalue weighted by molar-refractivity contribution is -0.120. The second-order valence-corrected chi connectivity index (χ2v) is 10.7. The molecule has 4 rings (SSSR count). The van der Waals surface area contributed by atoms with E-state index >= 15 is 0 Å². The van der Waals surface area contributed by atoms with E-state index in [1.165, 1.54) is 17.3 Å². The van der Waals surface area contributed by atoms with Crippen molar-refractivity contribution in [1.29, 1.82) is 0 Å². The predicted octanol–water partition coefficient (Wildman–Crippen LogP) is 2.27. The number of hydrogen-bond donors (Lipinski definition) is 2. The molecule has 0 aromatic heterocycles. The number of sulfone groups is 1. The Hall–Kier alpha value is -2.32. The number of anilines is 1. The van der Waals surface area contributed by atoms with Crippen LogP contribution in [-0.2, 0) is 27.5 Å². The summed E-state index contributed by atoms with van der Waals surface area (Å²) in [5, 5.41) is 7.00. The van der Waals surface area contributed by atoms with Crippen LogP contribution in [0.4, 0.5) is 5.69 Å². The molecule has 2 aliphatic heterocycles. The molecule has 1 amide bonds. The monoisotopic (exact) mass is 429 g/mol. The fourth-order valence-corrected chi connectivity index (χ4v) is 7.16. The molecule has 2 aliphatic rings. The van der Waals surface area contributed by atoms with Crippen molar-refractivity contribution >= 4 is 38.4 Å². The zero-order valence-corrected chi connectivity index (χ0v) is 17.5. The van der Waals surface area contributed by atoms with Gasteiger partial charge in [0, 0.05) is 17.5 Å². The van der Waals surface area contributed by atoms with E-state index in [1.54, 1.807) is 0 Å². The number of amides is 1. The number of hydrogen-bond acceptors (Lipinski definition) is 6. The van der Waals surface area contributed by atoms with Crippen LogP contribution in [-0.4, -0.2) is 48.8 Å². The van der Waals surface area contributed by atoms with Crippen LogP contribution in [0.3, 0.4) is 0 Å². The molecule has 29 heavy (non-hydrogen) atoms. The van der Waals surface area contributed by atoms with Crippen molar-refractivity contribution in [2.45, 2.75) is 24.1 Å². The Morgan fingerprint density at radius 2 is 1.79 bits per heavy atom. The highest BCUT2D eigenvalue weighted by Gasteiger charge is 2.42. The SMILES string of the molecule is O=C(Cc1ccc(NC2=N[C@H]3CS(=O)(=O)C[C@@H]3S2)cc1)NCCc1ccccc1. The van der Waals surface area contributed by atoms with Crippen LogP contribution in [0.25, 0.3) is 0 Å². The highest BCUT2D eigenvalue weighted by atomic mass is 32.2. The number of thioether (sulfide) groups is 1. The van der Waals surface area contributed by atoms with Crippen LogP contribution < -0.4 is 10.6 Å². The summed E-state index contributed by atoms with van der Waals surface area (Å²) >= 11 is 1.50. The van der Waals surface area contributed by atoms with Gasteiger partial charge in [-0.2, -0.15) is 0 Å². The molecule has 2 aromatic carbocycles. The lowest BCUT2D eigenvalue weighted by Gasteiger charge is -2.09. The van der Waals surface area contributed by atoms with Gasteiger partial charge < -0.3 is 10.6 Å². The normalized spacial score (nSPS) is 22.0. The fourth-order valence-electron chi connectivity index (χ4n) is 3.48. The first-order valence-electron chi connectivity index (χ1n) is 9.58. The zero-order chi connectivity index (χ0) is 20.3. The maximum atomic E-state index is 12.1. The van der Waals surface area contributed by atoms with E-state index in [2.05, 4.69) is 27.8 Å². The number of benzene rings is 2. The van der Waals surface area contributed by atoms with Gasteiger partial charge in [-0.05, 0) is 29.7 Å². The van der Waals surface area contributed by atoms with Gasteiger partial charge in [0.25, 0.3) is 0 Å². The molecule has 0 spiro atoms. The molecular formula is C21H23N3O3S2. The number of amidine groups is 1. The summed E-state index contributed by atoms with van der Waals surface area (Å²) in [7, 11) is -2.94. The fraction of sp³-hybridized carbons (Fsp3) is 0.333. The third-order valence-electron chi connectivity index (χ3n) is 4.97. The van der Waals surface area contributed by atoms with Crippen LogP contribution in [0.5, 0.6) is 0 Å². The molecule has 152 valence electrons. The molecule has 0 unspecified atom stereocenters. The number of nitrogens with one attached hydrogen (secondary N) is 2. The number of carbonyl (C=O) groups is 1. The van der Waals surface area contributed by atoms with Crippen molar-refractivity contribution in [2.24, 2.45) is 4.99 Å². The van der Waals surface area contributed by atoms with Crippen molar-refractivity contribution in [2.75, 3.05) is 23.4 Å². The Morgan fingerprint density at radius 3 is 2.52 bits per heavy atom. The maximum Gasteiger partial charge on any atom is 0.224 e. The minimum Gasteiger partial charge on any atom is -0.355 e. The van der Waals surface area contributed by atoms with Crippen molar-refractivity contribution in [3.63, 3.8) is 0 Å². The van der Waals surface area contributed by atoms with Gasteiger partial charge in [0.2, 0.25) is 5.91 Å². The van der Waals surface area contributed by atoms with Gasteiger partial charge >= 0.3 is 0 Å². The van der Waals surface area contributed by atoms with Gasteiger partial charge in [-0.25, -0.2) is 8.42 Å². The molecule has 8 heteroatoms. The number of nitrogens with zero attached hydrogens (tertiary/aromatic N) is 1. The van der Waals surface area contributed by atoms with Crippen molar-refractivity contribution in [3.05, 3.63) is 65.7 Å². The summed E-state index contributed by atoms with van der Waals surface area (Å²) in [6.45, 7) is 0.623. The van der Waals surface area contributed by atoms with Gasteiger partial charge in [-0.3, -0.25) is 9.79 Å². The van der Waals surface area contributed by atoms with E-state index in [4.69, 9.17) is 0 Å². The zero-order valence-electron chi connectivity index (χ0n) is 15.9. The van der Waals surface area contributed by atoms with Gasteiger partial charge in [0.05, 0.1) is 24.0 Å². The second-order valence-electron chi connectivity index (χ2n) is 7.32. The second kappa shape index (κ2) is 8.59. The summed E-state index contributed by atoms with van der Waals surface area (Å²) in [5.41, 5.74) is 3.03. The highest BCUT2D eigenvalue weighted by Crippen LogP contribution is 2.34. The van der Waals surface area contributed by atoms with Crippen LogP contribution in [0, 0.1) is 0 Å². The lowest BCUT2D eigenvalue weighted by Crippen LogP contribution is -2.27. The Kier molecular flexibility index (Phi) is 5.91. The molecule has 2 aromatic rings. The third-order valence-corrected chi connectivity index (χ3v) is 8.11. The highest BCUT2D eigenvalue weighted by molar-refractivity contribution is 8.15. The molecule has 0 bridgehead atoms. The molecule has 1 saturated heterocycles. The Morgan fingerprint density at radius 1 is 1.03 bits per heavy atom. The van der Waals surface area contributed by atoms with E-state index in [-0.39, 0.29) is 28.7 Å². The summed E-state index contributed by atoms with van der Waals surface area (Å²) in [5.74, 6) is 0.357. The molecular weight excluding hydrogens is 406 g/mol. The van der Waals surface area contributed by atoms with Gasteiger partial charge in [-0.1, -0.05) is 54.2 Å². The van der Waals surface area contributed by atoms with E-state index < -0.39 is 9.84 Å². The Bertz CT molecular complexity index is 1010. The summed E-state index contributed by atoms with van der Waals surface area (Å²) < 4.78 is 23.3. The largest absolute Gasteiger partial charge is 0.355 e.